The van der Waals surface area contributed by atoms with Crippen molar-refractivity contribution in [3.05, 3.63) is 291 Å². The van der Waals surface area contributed by atoms with Crippen LogP contribution < -0.4 is 9.80 Å². The summed E-state index contributed by atoms with van der Waals surface area (Å²) in [6.45, 7) is 0. The number of nitrogens with zero attached hydrogens (tertiary/aromatic N) is 2. The molecule has 2 nitrogen and oxygen atoms in total. The normalized spacial score (nSPS) is 11.1. The molecule has 0 aromatic heterocycles. The van der Waals surface area contributed by atoms with Gasteiger partial charge in [0.15, 0.2) is 0 Å². The Hall–Kier alpha value is -9.24. The van der Waals surface area contributed by atoms with Gasteiger partial charge in [0.05, 0.1) is 22.7 Å². The van der Waals surface area contributed by atoms with E-state index in [1.807, 2.05) is 0 Å². The van der Waals surface area contributed by atoms with E-state index in [0.29, 0.717) is 0 Å². The molecule has 0 atom stereocenters. The molecule has 0 heterocycles. The summed E-state index contributed by atoms with van der Waals surface area (Å²) in [5.74, 6) is 0. The first-order valence-corrected chi connectivity index (χ1v) is 24.0. The molecule has 0 fully saturated rings. The zero-order chi connectivity index (χ0) is 46.6. The highest BCUT2D eigenvalue weighted by Gasteiger charge is 2.21. The topological polar surface area (TPSA) is 6.48 Å². The Morgan fingerprint density at radius 3 is 0.843 bits per heavy atom. The third kappa shape index (κ3) is 8.19. The van der Waals surface area contributed by atoms with E-state index in [2.05, 4.69) is 301 Å². The molecule has 12 aromatic carbocycles. The van der Waals surface area contributed by atoms with E-state index in [1.54, 1.807) is 0 Å². The quantitative estimate of drug-likeness (QED) is 0.128. The van der Waals surface area contributed by atoms with Crippen molar-refractivity contribution in [2.24, 2.45) is 0 Å². The molecule has 0 spiro atoms. The van der Waals surface area contributed by atoms with Gasteiger partial charge in [0.25, 0.3) is 0 Å². The van der Waals surface area contributed by atoms with Crippen LogP contribution in [0.15, 0.2) is 291 Å². The monoisotopic (exact) mass is 892 g/mol. The summed E-state index contributed by atoms with van der Waals surface area (Å²) in [5, 5.41) is 4.79. The van der Waals surface area contributed by atoms with Crippen LogP contribution in [0, 0.1) is 0 Å². The number of fused-ring (bicyclic) bond motifs is 2. The Balaban J connectivity index is 0.920. The average molecular weight is 893 g/mol. The molecule has 12 aromatic rings. The Morgan fingerprint density at radius 1 is 0.171 bits per heavy atom. The van der Waals surface area contributed by atoms with Crippen LogP contribution in [0.25, 0.3) is 77.2 Å². The predicted octanol–water partition coefficient (Wildman–Crippen LogP) is 19.3. The van der Waals surface area contributed by atoms with E-state index in [4.69, 9.17) is 0 Å². The number of hydrogen-bond donors (Lipinski definition) is 0. The van der Waals surface area contributed by atoms with Crippen molar-refractivity contribution >= 4 is 55.7 Å². The molecule has 0 saturated carbocycles. The summed E-state index contributed by atoms with van der Waals surface area (Å²) >= 11 is 0. The molecule has 0 aliphatic heterocycles. The summed E-state index contributed by atoms with van der Waals surface area (Å²) in [4.78, 5) is 4.84. The summed E-state index contributed by atoms with van der Waals surface area (Å²) < 4.78 is 0. The second kappa shape index (κ2) is 18.8. The van der Waals surface area contributed by atoms with Crippen LogP contribution in [0.2, 0.25) is 0 Å². The molecule has 0 amide bonds. The van der Waals surface area contributed by atoms with Gasteiger partial charge in [-0.3, -0.25) is 0 Å². The highest BCUT2D eigenvalue weighted by Crippen LogP contribution is 2.46. The molecule has 0 aliphatic rings. The van der Waals surface area contributed by atoms with Crippen molar-refractivity contribution in [3.63, 3.8) is 0 Å². The van der Waals surface area contributed by atoms with E-state index < -0.39 is 0 Å². The van der Waals surface area contributed by atoms with Gasteiger partial charge in [-0.1, -0.05) is 243 Å². The van der Waals surface area contributed by atoms with Gasteiger partial charge in [0, 0.05) is 33.3 Å². The van der Waals surface area contributed by atoms with Crippen LogP contribution in [0.3, 0.4) is 0 Å². The van der Waals surface area contributed by atoms with E-state index >= 15 is 0 Å². The fourth-order valence-corrected chi connectivity index (χ4v) is 10.00. The molecular formula is C68H48N2. The fourth-order valence-electron chi connectivity index (χ4n) is 10.00. The highest BCUT2D eigenvalue weighted by molar-refractivity contribution is 6.03. The molecule has 2 heteroatoms. The lowest BCUT2D eigenvalue weighted by atomic mass is 9.97. The van der Waals surface area contributed by atoms with Crippen molar-refractivity contribution in [2.75, 3.05) is 9.80 Å². The number of anilines is 6. The largest absolute Gasteiger partial charge is 0.309 e. The van der Waals surface area contributed by atoms with E-state index in [9.17, 15) is 0 Å². The lowest BCUT2D eigenvalue weighted by molar-refractivity contribution is 1.29. The first-order valence-electron chi connectivity index (χ1n) is 24.0. The van der Waals surface area contributed by atoms with Crippen molar-refractivity contribution in [2.45, 2.75) is 0 Å². The zero-order valence-corrected chi connectivity index (χ0v) is 38.6. The van der Waals surface area contributed by atoms with Crippen LogP contribution in [-0.2, 0) is 0 Å². The number of benzene rings is 12. The molecule has 0 saturated heterocycles. The minimum atomic E-state index is 1.08. The molecule has 0 aliphatic carbocycles. The first-order chi connectivity index (χ1) is 34.7. The SMILES string of the molecule is c1ccc(-c2ccc(-c3ccccc3N(c3ccc(-c4ccc(N(c5ccccc5-c5ccc(-c6ccccc6)cc5)c5cccc6ccccc56)cc4)cc3)c3cccc4ccccc34)cc2)cc1. The maximum absolute atomic E-state index is 2.42. The second-order valence-electron chi connectivity index (χ2n) is 17.7. The lowest BCUT2D eigenvalue weighted by Crippen LogP contribution is -2.12. The van der Waals surface area contributed by atoms with Gasteiger partial charge in [0.2, 0.25) is 0 Å². The fraction of sp³-hybridized carbons (Fsp3) is 0. The summed E-state index contributed by atoms with van der Waals surface area (Å²) in [6.07, 6.45) is 0. The van der Waals surface area contributed by atoms with Crippen molar-refractivity contribution < 1.29 is 0 Å². The highest BCUT2D eigenvalue weighted by atomic mass is 15.2. The molecule has 70 heavy (non-hydrogen) atoms. The van der Waals surface area contributed by atoms with Crippen LogP contribution in [0.4, 0.5) is 34.1 Å². The van der Waals surface area contributed by atoms with E-state index in [1.165, 1.54) is 54.9 Å². The van der Waals surface area contributed by atoms with Crippen LogP contribution in [0.5, 0.6) is 0 Å². The molecule has 0 bridgehead atoms. The van der Waals surface area contributed by atoms with Crippen LogP contribution >= 0.6 is 0 Å². The second-order valence-corrected chi connectivity index (χ2v) is 17.7. The third-order valence-corrected chi connectivity index (χ3v) is 13.5. The van der Waals surface area contributed by atoms with Crippen LogP contribution in [-0.4, -0.2) is 0 Å². The lowest BCUT2D eigenvalue weighted by Gasteiger charge is -2.29. The molecule has 12 rings (SSSR count). The van der Waals surface area contributed by atoms with E-state index in [-0.39, 0.29) is 0 Å². The molecule has 330 valence electrons. The molecule has 0 N–H and O–H groups in total. The maximum Gasteiger partial charge on any atom is 0.0540 e. The van der Waals surface area contributed by atoms with Crippen molar-refractivity contribution in [1.29, 1.82) is 0 Å². The van der Waals surface area contributed by atoms with Crippen LogP contribution in [0.1, 0.15) is 0 Å². The summed E-state index contributed by atoms with van der Waals surface area (Å²) in [5.41, 5.74) is 18.4. The Labute approximate surface area is 410 Å². The Morgan fingerprint density at radius 2 is 0.443 bits per heavy atom. The minimum Gasteiger partial charge on any atom is -0.309 e. The van der Waals surface area contributed by atoms with Gasteiger partial charge in [-0.2, -0.15) is 0 Å². The molecular weight excluding hydrogens is 845 g/mol. The van der Waals surface area contributed by atoms with Crippen molar-refractivity contribution in [3.8, 4) is 55.6 Å². The van der Waals surface area contributed by atoms with Gasteiger partial charge in [-0.05, 0) is 104 Å². The zero-order valence-electron chi connectivity index (χ0n) is 38.6. The van der Waals surface area contributed by atoms with Gasteiger partial charge in [0.1, 0.15) is 0 Å². The summed E-state index contributed by atoms with van der Waals surface area (Å²) in [7, 11) is 0. The summed E-state index contributed by atoms with van der Waals surface area (Å²) in [6, 6.07) is 105. The average Bonchev–Trinajstić information content (AvgIpc) is 3.45. The van der Waals surface area contributed by atoms with Gasteiger partial charge in [-0.25, -0.2) is 0 Å². The van der Waals surface area contributed by atoms with E-state index in [0.717, 1.165) is 56.4 Å². The number of hydrogen-bond acceptors (Lipinski definition) is 2. The van der Waals surface area contributed by atoms with Gasteiger partial charge >= 0.3 is 0 Å². The third-order valence-electron chi connectivity index (χ3n) is 13.5. The van der Waals surface area contributed by atoms with Gasteiger partial charge < -0.3 is 9.80 Å². The number of rotatable bonds is 11. The van der Waals surface area contributed by atoms with Crippen molar-refractivity contribution in [1.82, 2.24) is 0 Å². The minimum absolute atomic E-state index is 1.08. The molecule has 0 radical (unpaired) electrons. The Kier molecular flexibility index (Phi) is 11.3. The standard InChI is InChI=1S/C68H48N2/c1-3-17-49(18-4-1)51-33-37-57(38-34-51)63-27-11-13-29-65(63)69(67-31-15-23-55-21-7-9-25-61(55)67)59-45-41-53(42-46-59)54-43-47-60(48-44-54)70(68-32-16-24-56-22-8-10-26-62(56)68)66-30-14-12-28-64(66)58-39-35-52(36-40-58)50-19-5-2-6-20-50/h1-48H. The predicted molar refractivity (Wildman–Crippen MR) is 298 cm³/mol. The smallest absolute Gasteiger partial charge is 0.0540 e. The first kappa shape index (κ1) is 42.1. The Bertz CT molecular complexity index is 3470. The number of para-hydroxylation sites is 2. The van der Waals surface area contributed by atoms with Gasteiger partial charge in [-0.15, -0.1) is 0 Å². The maximum atomic E-state index is 2.42. The molecule has 0 unspecified atom stereocenters.